The Kier molecular flexibility index (Phi) is 11.4. The van der Waals surface area contributed by atoms with Crippen molar-refractivity contribution in [1.82, 2.24) is 0 Å². The fourth-order valence-electron chi connectivity index (χ4n) is 5.12. The van der Waals surface area contributed by atoms with Crippen LogP contribution in [-0.2, 0) is 0 Å². The molecule has 0 aromatic carbocycles. The van der Waals surface area contributed by atoms with Gasteiger partial charge in [-0.3, -0.25) is 0 Å². The summed E-state index contributed by atoms with van der Waals surface area (Å²) in [4.78, 5) is 0. The first kappa shape index (κ1) is 21.8. The summed E-state index contributed by atoms with van der Waals surface area (Å²) in [5.41, 5.74) is 0. The number of unbranched alkanes of at least 4 members (excludes halogenated alkanes) is 3. The molecule has 0 unspecified atom stereocenters. The van der Waals surface area contributed by atoms with Gasteiger partial charge in [0.25, 0.3) is 0 Å². The highest BCUT2D eigenvalue weighted by molar-refractivity contribution is 4.92. The molecule has 0 heterocycles. The highest BCUT2D eigenvalue weighted by Crippen LogP contribution is 2.35. The molecule has 2 aliphatic carbocycles. The Bertz CT molecular complexity index is 337. The smallest absolute Gasteiger partial charge is 0.0233 e. The number of allylic oxidation sites excluding steroid dienone is 4. The minimum absolute atomic E-state index is 0.902. The quantitative estimate of drug-likeness (QED) is 0.255. The second-order valence-corrected chi connectivity index (χ2v) is 9.28. The first-order valence-corrected chi connectivity index (χ1v) is 12.1. The summed E-state index contributed by atoms with van der Waals surface area (Å²) in [5, 5.41) is 0. The normalized spacial score (nSPS) is 30.4. The first-order chi connectivity index (χ1) is 12.8. The fraction of sp³-hybridized carbons (Fsp3) is 0.846. The molecule has 0 aromatic heterocycles. The van der Waals surface area contributed by atoms with Crippen molar-refractivity contribution in [2.75, 3.05) is 0 Å². The lowest BCUT2D eigenvalue weighted by molar-refractivity contribution is 0.268. The highest BCUT2D eigenvalue weighted by Gasteiger charge is 2.21. The summed E-state index contributed by atoms with van der Waals surface area (Å²) in [7, 11) is 0. The van der Waals surface area contributed by atoms with Crippen LogP contribution in [0.15, 0.2) is 24.3 Å². The molecule has 0 amide bonds. The molecule has 2 rings (SSSR count). The molecule has 0 heteroatoms. The molecule has 0 aromatic rings. The van der Waals surface area contributed by atoms with Crippen LogP contribution in [0, 0.1) is 23.7 Å². The molecule has 150 valence electrons. The first-order valence-electron chi connectivity index (χ1n) is 12.1. The Labute approximate surface area is 164 Å². The summed E-state index contributed by atoms with van der Waals surface area (Å²) in [5.74, 6) is 3.90. The van der Waals surface area contributed by atoms with Crippen LogP contribution in [0.4, 0.5) is 0 Å². The molecular weight excluding hydrogens is 312 g/mol. The summed E-state index contributed by atoms with van der Waals surface area (Å²) in [6.45, 7) is 4.55. The molecule has 2 aliphatic rings. The maximum Gasteiger partial charge on any atom is -0.0233 e. The van der Waals surface area contributed by atoms with Gasteiger partial charge in [0, 0.05) is 0 Å². The Balaban J connectivity index is 1.47. The van der Waals surface area contributed by atoms with Crippen LogP contribution in [-0.4, -0.2) is 0 Å². The SMILES string of the molecule is CCC/C=C/C1CCC(CCCC[C@H]2CC[C@H](/C=C/CCC)CC2)CC1. The van der Waals surface area contributed by atoms with Gasteiger partial charge in [-0.15, -0.1) is 0 Å². The topological polar surface area (TPSA) is 0 Å². The summed E-state index contributed by atoms with van der Waals surface area (Å²) >= 11 is 0. The van der Waals surface area contributed by atoms with Gasteiger partial charge in [-0.2, -0.15) is 0 Å². The van der Waals surface area contributed by atoms with E-state index in [0.29, 0.717) is 0 Å². The predicted molar refractivity (Wildman–Crippen MR) is 117 cm³/mol. The number of hydrogen-bond donors (Lipinski definition) is 0. The average Bonchev–Trinajstić information content (AvgIpc) is 2.68. The van der Waals surface area contributed by atoms with Gasteiger partial charge >= 0.3 is 0 Å². The minimum atomic E-state index is 0.902. The van der Waals surface area contributed by atoms with E-state index < -0.39 is 0 Å². The van der Waals surface area contributed by atoms with Crippen LogP contribution >= 0.6 is 0 Å². The van der Waals surface area contributed by atoms with Gasteiger partial charge in [-0.1, -0.05) is 76.7 Å². The van der Waals surface area contributed by atoms with Gasteiger partial charge in [0.05, 0.1) is 0 Å². The molecular formula is C26H46. The minimum Gasteiger partial charge on any atom is -0.0883 e. The van der Waals surface area contributed by atoms with E-state index in [-0.39, 0.29) is 0 Å². The van der Waals surface area contributed by atoms with Crippen molar-refractivity contribution >= 4 is 0 Å². The third-order valence-electron chi connectivity index (χ3n) is 6.98. The summed E-state index contributed by atoms with van der Waals surface area (Å²) < 4.78 is 0. The lowest BCUT2D eigenvalue weighted by atomic mass is 9.78. The van der Waals surface area contributed by atoms with Crippen LogP contribution in [0.1, 0.15) is 117 Å². The zero-order chi connectivity index (χ0) is 18.5. The van der Waals surface area contributed by atoms with Crippen molar-refractivity contribution in [3.8, 4) is 0 Å². The number of hydrogen-bond acceptors (Lipinski definition) is 0. The highest BCUT2D eigenvalue weighted by atomic mass is 14.3. The van der Waals surface area contributed by atoms with Crippen LogP contribution in [0.5, 0.6) is 0 Å². The van der Waals surface area contributed by atoms with Crippen LogP contribution < -0.4 is 0 Å². The van der Waals surface area contributed by atoms with Crippen molar-refractivity contribution in [3.63, 3.8) is 0 Å². The maximum absolute atomic E-state index is 2.52. The van der Waals surface area contributed by atoms with Crippen LogP contribution in [0.2, 0.25) is 0 Å². The van der Waals surface area contributed by atoms with Crippen LogP contribution in [0.25, 0.3) is 0 Å². The van der Waals surface area contributed by atoms with Crippen LogP contribution in [0.3, 0.4) is 0 Å². The van der Waals surface area contributed by atoms with E-state index in [9.17, 15) is 0 Å². The second-order valence-electron chi connectivity index (χ2n) is 9.28. The van der Waals surface area contributed by atoms with Crippen molar-refractivity contribution in [2.24, 2.45) is 23.7 Å². The Morgan fingerprint density at radius 1 is 0.577 bits per heavy atom. The third kappa shape index (κ3) is 8.92. The van der Waals surface area contributed by atoms with Gasteiger partial charge < -0.3 is 0 Å². The predicted octanol–water partition coefficient (Wildman–Crippen LogP) is 8.87. The van der Waals surface area contributed by atoms with E-state index in [4.69, 9.17) is 0 Å². The zero-order valence-corrected chi connectivity index (χ0v) is 17.9. The Morgan fingerprint density at radius 3 is 1.31 bits per heavy atom. The molecule has 0 N–H and O–H groups in total. The van der Waals surface area contributed by atoms with Crippen molar-refractivity contribution in [2.45, 2.75) is 117 Å². The van der Waals surface area contributed by atoms with Gasteiger partial charge in [-0.05, 0) is 87.9 Å². The molecule has 0 aliphatic heterocycles. The largest absolute Gasteiger partial charge is 0.0883 e. The van der Waals surface area contributed by atoms with Crippen molar-refractivity contribution in [1.29, 1.82) is 0 Å². The van der Waals surface area contributed by atoms with Gasteiger partial charge in [-0.25, -0.2) is 0 Å². The third-order valence-corrected chi connectivity index (χ3v) is 6.98. The van der Waals surface area contributed by atoms with Crippen molar-refractivity contribution in [3.05, 3.63) is 24.3 Å². The monoisotopic (exact) mass is 358 g/mol. The Hall–Kier alpha value is -0.520. The maximum atomic E-state index is 2.52. The molecule has 0 nitrogen and oxygen atoms in total. The second kappa shape index (κ2) is 13.6. The molecule has 0 bridgehead atoms. The van der Waals surface area contributed by atoms with E-state index in [0.717, 1.165) is 23.7 Å². The van der Waals surface area contributed by atoms with Gasteiger partial charge in [0.1, 0.15) is 0 Å². The van der Waals surface area contributed by atoms with Gasteiger partial charge in [0.2, 0.25) is 0 Å². The standard InChI is InChI=1S/C26H46/c1-3-5-7-11-23-15-19-25(20-16-23)13-9-10-14-26-21-17-24(18-22-26)12-8-6-4-2/h7-8,11-12,23-26H,3-6,9-10,13-22H2,1-2H3/b11-7+,12-8+/t23-,24?,25-,26?. The molecule has 26 heavy (non-hydrogen) atoms. The van der Waals surface area contributed by atoms with E-state index in [1.54, 1.807) is 0 Å². The van der Waals surface area contributed by atoms with Crippen molar-refractivity contribution < 1.29 is 0 Å². The van der Waals surface area contributed by atoms with E-state index >= 15 is 0 Å². The molecule has 0 spiro atoms. The molecule has 2 fully saturated rings. The molecule has 0 saturated heterocycles. The average molecular weight is 359 g/mol. The molecule has 0 radical (unpaired) electrons. The van der Waals surface area contributed by atoms with E-state index in [1.807, 2.05) is 0 Å². The fourth-order valence-corrected chi connectivity index (χ4v) is 5.12. The lowest BCUT2D eigenvalue weighted by Gasteiger charge is -2.28. The number of rotatable bonds is 11. The Morgan fingerprint density at radius 2 is 0.962 bits per heavy atom. The van der Waals surface area contributed by atoms with E-state index in [1.165, 1.54) is 103 Å². The zero-order valence-electron chi connectivity index (χ0n) is 17.9. The molecule has 0 atom stereocenters. The summed E-state index contributed by atoms with van der Waals surface area (Å²) in [6, 6.07) is 0. The molecule has 2 saturated carbocycles. The van der Waals surface area contributed by atoms with Gasteiger partial charge in [0.15, 0.2) is 0 Å². The van der Waals surface area contributed by atoms with E-state index in [2.05, 4.69) is 38.2 Å². The summed E-state index contributed by atoms with van der Waals surface area (Å²) in [6.07, 6.45) is 32.9. The lowest BCUT2D eigenvalue weighted by Crippen LogP contribution is -2.14.